The smallest absolute Gasteiger partial charge is 0.408 e. The van der Waals surface area contributed by atoms with E-state index < -0.39 is 47.7 Å². The Morgan fingerprint density at radius 1 is 1.06 bits per heavy atom. The van der Waals surface area contributed by atoms with Gasteiger partial charge in [-0.05, 0) is 73.1 Å². The van der Waals surface area contributed by atoms with E-state index in [9.17, 15) is 24.6 Å². The summed E-state index contributed by atoms with van der Waals surface area (Å²) in [5.74, 6) is -1.18. The van der Waals surface area contributed by atoms with Crippen molar-refractivity contribution in [1.29, 1.82) is 0 Å². The molecular formula is C23H37N3O6. The van der Waals surface area contributed by atoms with Gasteiger partial charge in [0.2, 0.25) is 11.8 Å². The van der Waals surface area contributed by atoms with Crippen LogP contribution in [-0.4, -0.2) is 62.9 Å². The maximum atomic E-state index is 13.6. The van der Waals surface area contributed by atoms with Crippen molar-refractivity contribution in [2.24, 2.45) is 0 Å². The predicted molar refractivity (Wildman–Crippen MR) is 121 cm³/mol. The summed E-state index contributed by atoms with van der Waals surface area (Å²) < 4.78 is 5.20. The summed E-state index contributed by atoms with van der Waals surface area (Å²) >= 11 is 0. The van der Waals surface area contributed by atoms with Gasteiger partial charge in [-0.2, -0.15) is 0 Å². The lowest BCUT2D eigenvalue weighted by molar-refractivity contribution is -0.149. The SMILES string of the molecule is CC(C)NC(=O)C(c1cccc(O)c1)N(C(=O)C(CO)NC(=O)OC(C)(C)C)C(C)(C)C. The maximum absolute atomic E-state index is 13.6. The largest absolute Gasteiger partial charge is 0.508 e. The second kappa shape index (κ2) is 10.7. The zero-order chi connectivity index (χ0) is 24.9. The molecule has 0 aliphatic rings. The van der Waals surface area contributed by atoms with E-state index in [1.807, 2.05) is 0 Å². The topological polar surface area (TPSA) is 128 Å². The quantitative estimate of drug-likeness (QED) is 0.504. The molecule has 0 radical (unpaired) electrons. The van der Waals surface area contributed by atoms with E-state index in [4.69, 9.17) is 4.74 Å². The maximum Gasteiger partial charge on any atom is 0.408 e. The van der Waals surface area contributed by atoms with Crippen molar-refractivity contribution < 1.29 is 29.3 Å². The number of carbonyl (C=O) groups is 3. The van der Waals surface area contributed by atoms with Crippen molar-refractivity contribution in [3.8, 4) is 5.75 Å². The number of aliphatic hydroxyl groups excluding tert-OH is 1. The molecule has 0 aromatic heterocycles. The molecule has 9 nitrogen and oxygen atoms in total. The lowest BCUT2D eigenvalue weighted by Gasteiger charge is -2.43. The highest BCUT2D eigenvalue weighted by atomic mass is 16.6. The van der Waals surface area contributed by atoms with Crippen LogP contribution in [0.1, 0.15) is 67.0 Å². The fourth-order valence-electron chi connectivity index (χ4n) is 3.12. The van der Waals surface area contributed by atoms with Gasteiger partial charge in [0, 0.05) is 11.6 Å². The molecule has 2 unspecified atom stereocenters. The van der Waals surface area contributed by atoms with Crippen LogP contribution in [0.3, 0.4) is 0 Å². The van der Waals surface area contributed by atoms with Crippen molar-refractivity contribution in [3.05, 3.63) is 29.8 Å². The van der Waals surface area contributed by atoms with Gasteiger partial charge in [0.1, 0.15) is 23.4 Å². The third-order valence-corrected chi connectivity index (χ3v) is 4.26. The van der Waals surface area contributed by atoms with Crippen molar-refractivity contribution in [3.63, 3.8) is 0 Å². The van der Waals surface area contributed by atoms with Crippen LogP contribution in [0.2, 0.25) is 0 Å². The average Bonchev–Trinajstić information content (AvgIpc) is 2.60. The molecule has 1 rings (SSSR count). The van der Waals surface area contributed by atoms with Crippen molar-refractivity contribution in [2.45, 2.75) is 84.7 Å². The minimum atomic E-state index is -1.34. The van der Waals surface area contributed by atoms with Gasteiger partial charge in [0.15, 0.2) is 0 Å². The van der Waals surface area contributed by atoms with Crippen LogP contribution in [0, 0.1) is 0 Å². The molecule has 180 valence electrons. The van der Waals surface area contributed by atoms with E-state index in [-0.39, 0.29) is 11.8 Å². The van der Waals surface area contributed by atoms with Gasteiger partial charge < -0.3 is 30.5 Å². The van der Waals surface area contributed by atoms with E-state index in [0.29, 0.717) is 5.56 Å². The number of benzene rings is 1. The summed E-state index contributed by atoms with van der Waals surface area (Å²) in [6.07, 6.45) is -0.862. The fourth-order valence-corrected chi connectivity index (χ4v) is 3.12. The number of phenols is 1. The van der Waals surface area contributed by atoms with Crippen LogP contribution in [0.4, 0.5) is 4.79 Å². The van der Waals surface area contributed by atoms with Gasteiger partial charge in [0.25, 0.3) is 0 Å². The van der Waals surface area contributed by atoms with Crippen LogP contribution in [-0.2, 0) is 14.3 Å². The van der Waals surface area contributed by atoms with E-state index in [0.717, 1.165) is 0 Å². The molecule has 0 fully saturated rings. The van der Waals surface area contributed by atoms with Gasteiger partial charge in [0.05, 0.1) is 6.61 Å². The molecule has 0 bridgehead atoms. The third kappa shape index (κ3) is 8.03. The first kappa shape index (κ1) is 27.2. The molecule has 0 aliphatic carbocycles. The number of aliphatic hydroxyl groups is 1. The minimum absolute atomic E-state index is 0.0586. The first-order valence-corrected chi connectivity index (χ1v) is 10.6. The van der Waals surface area contributed by atoms with Gasteiger partial charge in [-0.3, -0.25) is 9.59 Å². The molecule has 1 aromatic rings. The molecule has 4 N–H and O–H groups in total. The van der Waals surface area contributed by atoms with Crippen molar-refractivity contribution in [2.75, 3.05) is 6.61 Å². The highest BCUT2D eigenvalue weighted by molar-refractivity contribution is 5.92. The van der Waals surface area contributed by atoms with E-state index in [1.165, 1.54) is 17.0 Å². The first-order valence-electron chi connectivity index (χ1n) is 10.6. The summed E-state index contributed by atoms with van der Waals surface area (Å²) in [6.45, 7) is 13.2. The first-order chi connectivity index (χ1) is 14.6. The van der Waals surface area contributed by atoms with Crippen molar-refractivity contribution in [1.82, 2.24) is 15.5 Å². The number of alkyl carbamates (subject to hydrolysis) is 1. The number of phenolic OH excluding ortho intramolecular Hbond substituents is 1. The number of carbonyl (C=O) groups excluding carboxylic acids is 3. The van der Waals surface area contributed by atoms with E-state index >= 15 is 0 Å². The summed E-state index contributed by atoms with van der Waals surface area (Å²) in [4.78, 5) is 40.3. The lowest BCUT2D eigenvalue weighted by atomic mass is 9.95. The van der Waals surface area contributed by atoms with Gasteiger partial charge in [-0.25, -0.2) is 4.79 Å². The Labute approximate surface area is 190 Å². The number of hydrogen-bond donors (Lipinski definition) is 4. The second-order valence-corrected chi connectivity index (χ2v) is 9.92. The molecule has 9 heteroatoms. The summed E-state index contributed by atoms with van der Waals surface area (Å²) in [7, 11) is 0. The number of nitrogens with one attached hydrogen (secondary N) is 2. The van der Waals surface area contributed by atoms with Crippen LogP contribution in [0.5, 0.6) is 5.75 Å². The average molecular weight is 452 g/mol. The Morgan fingerprint density at radius 3 is 2.09 bits per heavy atom. The minimum Gasteiger partial charge on any atom is -0.508 e. The number of rotatable bonds is 7. The molecule has 32 heavy (non-hydrogen) atoms. The Balaban J connectivity index is 3.45. The fraction of sp³-hybridized carbons (Fsp3) is 0.609. The molecular weight excluding hydrogens is 414 g/mol. The standard InChI is InChI=1S/C23H37N3O6/c1-14(2)24-19(29)18(15-10-9-11-16(28)12-15)26(22(3,4)5)20(30)17(13-27)25-21(31)32-23(6,7)8/h9-12,14,17-18,27-28H,13H2,1-8H3,(H,24,29)(H,25,31). The number of nitrogens with zero attached hydrogens (tertiary/aromatic N) is 1. The van der Waals surface area contributed by atoms with Crippen LogP contribution in [0.25, 0.3) is 0 Å². The highest BCUT2D eigenvalue weighted by Gasteiger charge is 2.42. The Hall–Kier alpha value is -2.81. The summed E-state index contributed by atoms with van der Waals surface area (Å²) in [6, 6.07) is 3.42. The number of amides is 3. The monoisotopic (exact) mass is 451 g/mol. The van der Waals surface area contributed by atoms with Crippen LogP contribution in [0.15, 0.2) is 24.3 Å². The molecule has 2 atom stereocenters. The number of aromatic hydroxyl groups is 1. The summed E-state index contributed by atoms with van der Waals surface area (Å²) in [5.41, 5.74) is -1.29. The molecule has 0 saturated heterocycles. The molecule has 3 amide bonds. The van der Waals surface area contributed by atoms with E-state index in [2.05, 4.69) is 10.6 Å². The third-order valence-electron chi connectivity index (χ3n) is 4.26. The second-order valence-electron chi connectivity index (χ2n) is 9.92. The Bertz CT molecular complexity index is 811. The van der Waals surface area contributed by atoms with Gasteiger partial charge >= 0.3 is 6.09 Å². The Kier molecular flexibility index (Phi) is 9.08. The molecule has 0 spiro atoms. The van der Waals surface area contributed by atoms with Crippen molar-refractivity contribution >= 4 is 17.9 Å². The number of ether oxygens (including phenoxy) is 1. The summed E-state index contributed by atoms with van der Waals surface area (Å²) in [5, 5.41) is 25.1. The van der Waals surface area contributed by atoms with Crippen LogP contribution >= 0.6 is 0 Å². The Morgan fingerprint density at radius 2 is 1.66 bits per heavy atom. The predicted octanol–water partition coefficient (Wildman–Crippen LogP) is 2.47. The molecule has 0 saturated carbocycles. The van der Waals surface area contributed by atoms with Gasteiger partial charge in [-0.15, -0.1) is 0 Å². The highest BCUT2D eigenvalue weighted by Crippen LogP contribution is 2.31. The van der Waals surface area contributed by atoms with E-state index in [1.54, 1.807) is 67.5 Å². The molecule has 0 heterocycles. The van der Waals surface area contributed by atoms with Crippen LogP contribution < -0.4 is 10.6 Å². The zero-order valence-corrected chi connectivity index (χ0v) is 20.2. The molecule has 0 aliphatic heterocycles. The van der Waals surface area contributed by atoms with Gasteiger partial charge in [-0.1, -0.05) is 12.1 Å². The lowest BCUT2D eigenvalue weighted by Crippen LogP contribution is -2.59. The zero-order valence-electron chi connectivity index (χ0n) is 20.2. The number of hydrogen-bond acceptors (Lipinski definition) is 6. The normalized spacial score (nSPS) is 13.8. The molecule has 1 aromatic carbocycles.